The topological polar surface area (TPSA) is 63.0 Å². The van der Waals surface area contributed by atoms with E-state index in [-0.39, 0.29) is 6.61 Å². The molecule has 0 radical (unpaired) electrons. The zero-order chi connectivity index (χ0) is 8.81. The summed E-state index contributed by atoms with van der Waals surface area (Å²) in [6.45, 7) is 4.65. The van der Waals surface area contributed by atoms with Crippen LogP contribution in [0.5, 0.6) is 0 Å². The summed E-state index contributed by atoms with van der Waals surface area (Å²) in [5, 5.41) is 19.4. The molecule has 0 spiro atoms. The summed E-state index contributed by atoms with van der Waals surface area (Å²) in [7, 11) is 0. The Morgan fingerprint density at radius 3 is 3.08 bits per heavy atom. The number of aliphatic hydroxyl groups is 1. The number of aliphatic hydroxyl groups excluding tert-OH is 1. The van der Waals surface area contributed by atoms with Gasteiger partial charge < -0.3 is 10.4 Å². The Bertz CT molecular complexity index is 223. The van der Waals surface area contributed by atoms with Crippen molar-refractivity contribution >= 4 is 0 Å². The second kappa shape index (κ2) is 4.84. The van der Waals surface area contributed by atoms with Gasteiger partial charge >= 0.3 is 0 Å². The van der Waals surface area contributed by atoms with Crippen LogP contribution >= 0.6 is 0 Å². The predicted octanol–water partition coefficient (Wildman–Crippen LogP) is -0.620. The van der Waals surface area contributed by atoms with Crippen LogP contribution in [-0.4, -0.2) is 33.2 Å². The molecule has 0 aliphatic carbocycles. The normalized spacial score (nSPS) is 10.5. The molecular formula is C7H14N4O. The Morgan fingerprint density at radius 1 is 1.67 bits per heavy atom. The van der Waals surface area contributed by atoms with Crippen LogP contribution in [0.2, 0.25) is 0 Å². The van der Waals surface area contributed by atoms with Crippen LogP contribution < -0.4 is 5.32 Å². The van der Waals surface area contributed by atoms with E-state index >= 15 is 0 Å². The highest BCUT2D eigenvalue weighted by molar-refractivity contribution is 4.88. The van der Waals surface area contributed by atoms with E-state index < -0.39 is 0 Å². The Hall–Kier alpha value is -0.940. The van der Waals surface area contributed by atoms with Crippen LogP contribution in [0.25, 0.3) is 0 Å². The maximum absolute atomic E-state index is 8.69. The third-order valence-electron chi connectivity index (χ3n) is 1.52. The second-order valence-corrected chi connectivity index (χ2v) is 2.48. The van der Waals surface area contributed by atoms with Crippen molar-refractivity contribution in [2.75, 3.05) is 13.1 Å². The molecule has 0 aliphatic heterocycles. The first-order chi connectivity index (χ1) is 5.86. The van der Waals surface area contributed by atoms with Crippen LogP contribution in [0.4, 0.5) is 0 Å². The number of hydrogen-bond donors (Lipinski definition) is 2. The molecule has 0 saturated heterocycles. The molecule has 1 aromatic heterocycles. The zero-order valence-electron chi connectivity index (χ0n) is 7.19. The number of likely N-dealkylation sites (N-methyl/N-ethyl adjacent to an activating group) is 1. The SMILES string of the molecule is CCNCCn1cc(CO)nn1. The summed E-state index contributed by atoms with van der Waals surface area (Å²) in [4.78, 5) is 0. The van der Waals surface area contributed by atoms with Crippen molar-refractivity contribution in [3.8, 4) is 0 Å². The van der Waals surface area contributed by atoms with Gasteiger partial charge in [0.05, 0.1) is 19.3 Å². The van der Waals surface area contributed by atoms with Gasteiger partial charge in [-0.25, -0.2) is 0 Å². The Labute approximate surface area is 71.4 Å². The highest BCUT2D eigenvalue weighted by Crippen LogP contribution is 1.90. The molecule has 0 saturated carbocycles. The third-order valence-corrected chi connectivity index (χ3v) is 1.52. The van der Waals surface area contributed by atoms with E-state index in [0.29, 0.717) is 5.69 Å². The van der Waals surface area contributed by atoms with Crippen LogP contribution in [0, 0.1) is 0 Å². The van der Waals surface area contributed by atoms with Gasteiger partial charge in [0.15, 0.2) is 0 Å². The van der Waals surface area contributed by atoms with E-state index in [1.165, 1.54) is 0 Å². The average Bonchev–Trinajstić information content (AvgIpc) is 2.53. The predicted molar refractivity (Wildman–Crippen MR) is 44.5 cm³/mol. The van der Waals surface area contributed by atoms with Crippen molar-refractivity contribution in [1.82, 2.24) is 20.3 Å². The highest BCUT2D eigenvalue weighted by atomic mass is 16.3. The quantitative estimate of drug-likeness (QED) is 0.578. The monoisotopic (exact) mass is 170 g/mol. The molecule has 2 N–H and O–H groups in total. The van der Waals surface area contributed by atoms with Crippen LogP contribution in [0.3, 0.4) is 0 Å². The van der Waals surface area contributed by atoms with Gasteiger partial charge in [0.25, 0.3) is 0 Å². The Balaban J connectivity index is 2.31. The van der Waals surface area contributed by atoms with E-state index in [0.717, 1.165) is 19.6 Å². The van der Waals surface area contributed by atoms with Crippen LogP contribution in [0.15, 0.2) is 6.20 Å². The molecule has 0 atom stereocenters. The van der Waals surface area contributed by atoms with Gasteiger partial charge in [-0.1, -0.05) is 12.1 Å². The summed E-state index contributed by atoms with van der Waals surface area (Å²) in [5.74, 6) is 0. The molecule has 1 rings (SSSR count). The molecule has 5 nitrogen and oxygen atoms in total. The largest absolute Gasteiger partial charge is 0.390 e. The van der Waals surface area contributed by atoms with E-state index in [9.17, 15) is 0 Å². The lowest BCUT2D eigenvalue weighted by molar-refractivity contribution is 0.276. The van der Waals surface area contributed by atoms with Gasteiger partial charge in [0, 0.05) is 6.54 Å². The molecule has 0 amide bonds. The summed E-state index contributed by atoms with van der Waals surface area (Å²) in [6, 6.07) is 0. The molecule has 5 heteroatoms. The van der Waals surface area contributed by atoms with E-state index in [1.807, 2.05) is 0 Å². The van der Waals surface area contributed by atoms with Gasteiger partial charge in [-0.2, -0.15) is 0 Å². The molecule has 1 heterocycles. The van der Waals surface area contributed by atoms with Crippen molar-refractivity contribution in [2.24, 2.45) is 0 Å². The van der Waals surface area contributed by atoms with Gasteiger partial charge in [-0.15, -0.1) is 5.10 Å². The lowest BCUT2D eigenvalue weighted by Crippen LogP contribution is -2.19. The number of nitrogens with zero attached hydrogens (tertiary/aromatic N) is 3. The van der Waals surface area contributed by atoms with Crippen molar-refractivity contribution < 1.29 is 5.11 Å². The Morgan fingerprint density at radius 2 is 2.50 bits per heavy atom. The molecule has 68 valence electrons. The molecule has 0 unspecified atom stereocenters. The maximum Gasteiger partial charge on any atom is 0.108 e. The van der Waals surface area contributed by atoms with Crippen molar-refractivity contribution in [2.45, 2.75) is 20.1 Å². The van der Waals surface area contributed by atoms with E-state index in [1.54, 1.807) is 10.9 Å². The summed E-state index contributed by atoms with van der Waals surface area (Å²) in [5.41, 5.74) is 0.617. The molecule has 0 aromatic carbocycles. The minimum absolute atomic E-state index is 0.0405. The first-order valence-corrected chi connectivity index (χ1v) is 4.07. The summed E-state index contributed by atoms with van der Waals surface area (Å²) in [6.07, 6.45) is 1.75. The summed E-state index contributed by atoms with van der Waals surface area (Å²) < 4.78 is 1.72. The minimum atomic E-state index is -0.0405. The minimum Gasteiger partial charge on any atom is -0.390 e. The van der Waals surface area contributed by atoms with Crippen LogP contribution in [0.1, 0.15) is 12.6 Å². The molecule has 0 aliphatic rings. The maximum atomic E-state index is 8.69. The lowest BCUT2D eigenvalue weighted by Gasteiger charge is -1.99. The van der Waals surface area contributed by atoms with Gasteiger partial charge in [0.1, 0.15) is 5.69 Å². The molecule has 12 heavy (non-hydrogen) atoms. The number of nitrogens with one attached hydrogen (secondary N) is 1. The zero-order valence-corrected chi connectivity index (χ0v) is 7.19. The highest BCUT2D eigenvalue weighted by Gasteiger charge is 1.96. The first kappa shape index (κ1) is 9.15. The van der Waals surface area contributed by atoms with Gasteiger partial charge in [-0.3, -0.25) is 4.68 Å². The summed E-state index contributed by atoms with van der Waals surface area (Å²) >= 11 is 0. The number of hydrogen-bond acceptors (Lipinski definition) is 4. The fraction of sp³-hybridized carbons (Fsp3) is 0.714. The smallest absolute Gasteiger partial charge is 0.108 e. The first-order valence-electron chi connectivity index (χ1n) is 4.07. The third kappa shape index (κ3) is 2.60. The van der Waals surface area contributed by atoms with Crippen molar-refractivity contribution in [1.29, 1.82) is 0 Å². The van der Waals surface area contributed by atoms with E-state index in [4.69, 9.17) is 5.11 Å². The lowest BCUT2D eigenvalue weighted by atomic mass is 10.5. The standard InChI is InChI=1S/C7H14N4O/c1-2-8-3-4-11-5-7(6-12)9-10-11/h5,8,12H,2-4,6H2,1H3. The molecule has 0 bridgehead atoms. The number of rotatable bonds is 5. The fourth-order valence-corrected chi connectivity index (χ4v) is 0.891. The fourth-order valence-electron chi connectivity index (χ4n) is 0.891. The number of aromatic nitrogens is 3. The molecular weight excluding hydrogens is 156 g/mol. The van der Waals surface area contributed by atoms with E-state index in [2.05, 4.69) is 22.6 Å². The van der Waals surface area contributed by atoms with Gasteiger partial charge in [-0.05, 0) is 6.54 Å². The second-order valence-electron chi connectivity index (χ2n) is 2.48. The Kier molecular flexibility index (Phi) is 3.69. The average molecular weight is 170 g/mol. The van der Waals surface area contributed by atoms with Crippen molar-refractivity contribution in [3.05, 3.63) is 11.9 Å². The van der Waals surface area contributed by atoms with Gasteiger partial charge in [0.2, 0.25) is 0 Å². The molecule has 1 aromatic rings. The van der Waals surface area contributed by atoms with Crippen LogP contribution in [-0.2, 0) is 13.2 Å². The molecule has 0 fully saturated rings. The van der Waals surface area contributed by atoms with Crippen molar-refractivity contribution in [3.63, 3.8) is 0 Å².